The van der Waals surface area contributed by atoms with Crippen LogP contribution >= 0.6 is 24.0 Å². The Bertz CT molecular complexity index is 242. The topological polar surface area (TPSA) is 39.7 Å². The van der Waals surface area contributed by atoms with Gasteiger partial charge in [-0.25, -0.2) is 0 Å². The second-order valence-electron chi connectivity index (χ2n) is 4.71. The van der Waals surface area contributed by atoms with Crippen molar-refractivity contribution in [3.8, 4) is 0 Å². The van der Waals surface area contributed by atoms with Crippen LogP contribution in [0.15, 0.2) is 17.6 Å². The lowest BCUT2D eigenvalue weighted by molar-refractivity contribution is 0.269. The molecule has 0 aromatic rings. The minimum atomic E-state index is 0. The van der Waals surface area contributed by atoms with Crippen LogP contribution in [-0.4, -0.2) is 50.1 Å². The number of rotatable bonds is 9. The van der Waals surface area contributed by atoms with Crippen LogP contribution in [0, 0.1) is 0 Å². The Morgan fingerprint density at radius 3 is 2.53 bits per heavy atom. The molecule has 19 heavy (non-hydrogen) atoms. The zero-order valence-electron chi connectivity index (χ0n) is 12.9. The van der Waals surface area contributed by atoms with Gasteiger partial charge in [0.15, 0.2) is 5.96 Å². The van der Waals surface area contributed by atoms with Crippen molar-refractivity contribution in [3.05, 3.63) is 12.7 Å². The summed E-state index contributed by atoms with van der Waals surface area (Å²) in [5.41, 5.74) is 0. The molecular weight excluding hydrogens is 351 g/mol. The van der Waals surface area contributed by atoms with Crippen molar-refractivity contribution >= 4 is 29.9 Å². The van der Waals surface area contributed by atoms with Crippen molar-refractivity contribution in [1.82, 2.24) is 15.5 Å². The van der Waals surface area contributed by atoms with Gasteiger partial charge in [-0.3, -0.25) is 4.99 Å². The zero-order valence-corrected chi connectivity index (χ0v) is 15.2. The van der Waals surface area contributed by atoms with E-state index < -0.39 is 0 Å². The lowest BCUT2D eigenvalue weighted by Gasteiger charge is -2.20. The number of guanidine groups is 1. The molecule has 0 rings (SSSR count). The maximum Gasteiger partial charge on any atom is 0.191 e. The van der Waals surface area contributed by atoms with Crippen molar-refractivity contribution in [1.29, 1.82) is 0 Å². The van der Waals surface area contributed by atoms with Crippen LogP contribution < -0.4 is 10.6 Å². The zero-order chi connectivity index (χ0) is 13.8. The van der Waals surface area contributed by atoms with Gasteiger partial charge in [0.05, 0.1) is 0 Å². The highest BCUT2D eigenvalue weighted by atomic mass is 127. The molecule has 0 fully saturated rings. The van der Waals surface area contributed by atoms with Gasteiger partial charge in [-0.05, 0) is 47.2 Å². The highest BCUT2D eigenvalue weighted by Crippen LogP contribution is 1.98. The Morgan fingerprint density at radius 2 is 2.00 bits per heavy atom. The van der Waals surface area contributed by atoms with E-state index in [9.17, 15) is 0 Å². The average molecular weight is 382 g/mol. The summed E-state index contributed by atoms with van der Waals surface area (Å²) < 4.78 is 0. The molecule has 2 N–H and O–H groups in total. The van der Waals surface area contributed by atoms with Crippen molar-refractivity contribution in [2.75, 3.05) is 33.2 Å². The van der Waals surface area contributed by atoms with Crippen molar-refractivity contribution in [2.45, 2.75) is 39.7 Å². The molecule has 5 heteroatoms. The van der Waals surface area contributed by atoms with Gasteiger partial charge in [0.1, 0.15) is 0 Å². The second-order valence-corrected chi connectivity index (χ2v) is 4.71. The fourth-order valence-electron chi connectivity index (χ4n) is 1.43. The number of hydrogen-bond acceptors (Lipinski definition) is 2. The number of hydrogen-bond donors (Lipinski definition) is 2. The fraction of sp³-hybridized carbons (Fsp3) is 0.786. The Morgan fingerprint density at radius 1 is 1.32 bits per heavy atom. The smallest absolute Gasteiger partial charge is 0.191 e. The fourth-order valence-corrected chi connectivity index (χ4v) is 1.43. The van der Waals surface area contributed by atoms with Gasteiger partial charge in [-0.15, -0.1) is 30.6 Å². The van der Waals surface area contributed by atoms with E-state index in [4.69, 9.17) is 0 Å². The number of halogens is 1. The summed E-state index contributed by atoms with van der Waals surface area (Å²) in [7, 11) is 2.17. The third-order valence-electron chi connectivity index (χ3n) is 2.83. The molecule has 0 spiro atoms. The standard InChI is InChI=1S/C14H30N4.HI/c1-6-10-16-14(15-7-2)17-11-8-9-12-18(5)13(3)4;/h6,13H,1,7-12H2,2-5H3,(H2,15,16,17);1H. The van der Waals surface area contributed by atoms with E-state index in [2.05, 4.69) is 54.9 Å². The molecule has 0 unspecified atom stereocenters. The van der Waals surface area contributed by atoms with Crippen molar-refractivity contribution in [3.63, 3.8) is 0 Å². The summed E-state index contributed by atoms with van der Waals surface area (Å²) in [4.78, 5) is 6.89. The summed E-state index contributed by atoms with van der Waals surface area (Å²) in [5, 5.41) is 6.41. The van der Waals surface area contributed by atoms with Crippen LogP contribution in [-0.2, 0) is 0 Å². The molecule has 0 heterocycles. The molecule has 4 nitrogen and oxygen atoms in total. The molecule has 0 aromatic heterocycles. The highest BCUT2D eigenvalue weighted by Gasteiger charge is 2.01. The molecule has 0 aliphatic carbocycles. The first kappa shape index (κ1) is 21.0. The minimum Gasteiger partial charge on any atom is -0.357 e. The van der Waals surface area contributed by atoms with E-state index in [1.54, 1.807) is 0 Å². The third-order valence-corrected chi connectivity index (χ3v) is 2.83. The summed E-state index contributed by atoms with van der Waals surface area (Å²) in [6.07, 6.45) is 4.16. The minimum absolute atomic E-state index is 0. The quantitative estimate of drug-likeness (QED) is 0.212. The Balaban J connectivity index is 0. The maximum absolute atomic E-state index is 4.52. The Labute approximate surface area is 136 Å². The van der Waals surface area contributed by atoms with Crippen LogP contribution in [0.5, 0.6) is 0 Å². The van der Waals surface area contributed by atoms with E-state index in [1.165, 1.54) is 6.42 Å². The average Bonchev–Trinajstić information content (AvgIpc) is 2.34. The summed E-state index contributed by atoms with van der Waals surface area (Å²) in [5.74, 6) is 0.884. The number of unbranched alkanes of at least 4 members (excludes halogenated alkanes) is 1. The second kappa shape index (κ2) is 14.1. The molecular formula is C14H31IN4. The summed E-state index contributed by atoms with van der Waals surface area (Å²) in [6, 6.07) is 0.625. The predicted molar refractivity (Wildman–Crippen MR) is 96.6 cm³/mol. The Hall–Kier alpha value is -0.300. The first-order valence-electron chi connectivity index (χ1n) is 6.95. The molecule has 0 bridgehead atoms. The molecule has 0 aliphatic rings. The molecule has 0 saturated heterocycles. The lowest BCUT2D eigenvalue weighted by Crippen LogP contribution is -2.37. The van der Waals surface area contributed by atoms with Gasteiger partial charge in [-0.1, -0.05) is 6.08 Å². The van der Waals surface area contributed by atoms with Gasteiger partial charge in [-0.2, -0.15) is 0 Å². The highest BCUT2D eigenvalue weighted by molar-refractivity contribution is 14.0. The third kappa shape index (κ3) is 12.5. The van der Waals surface area contributed by atoms with Gasteiger partial charge < -0.3 is 15.5 Å². The van der Waals surface area contributed by atoms with Gasteiger partial charge in [0.2, 0.25) is 0 Å². The predicted octanol–water partition coefficient (Wildman–Crippen LogP) is 2.47. The molecule has 0 saturated carbocycles. The van der Waals surface area contributed by atoms with Crippen LogP contribution in [0.4, 0.5) is 0 Å². The first-order chi connectivity index (χ1) is 8.61. The maximum atomic E-state index is 4.52. The van der Waals surface area contributed by atoms with E-state index in [-0.39, 0.29) is 24.0 Å². The summed E-state index contributed by atoms with van der Waals surface area (Å²) in [6.45, 7) is 13.9. The first-order valence-corrected chi connectivity index (χ1v) is 6.95. The normalized spacial score (nSPS) is 11.4. The van der Waals surface area contributed by atoms with E-state index in [1.807, 2.05) is 6.08 Å². The molecule has 0 aliphatic heterocycles. The van der Waals surface area contributed by atoms with Gasteiger partial charge in [0.25, 0.3) is 0 Å². The molecule has 0 amide bonds. The monoisotopic (exact) mass is 382 g/mol. The molecule has 114 valence electrons. The lowest BCUT2D eigenvalue weighted by atomic mass is 10.2. The SMILES string of the molecule is C=CCNC(=NCCCCN(C)C(C)C)NCC.I. The summed E-state index contributed by atoms with van der Waals surface area (Å²) >= 11 is 0. The molecule has 0 aromatic carbocycles. The van der Waals surface area contributed by atoms with Crippen LogP contribution in [0.3, 0.4) is 0 Å². The van der Waals surface area contributed by atoms with E-state index in [0.717, 1.165) is 38.6 Å². The Kier molecular flexibility index (Phi) is 15.6. The van der Waals surface area contributed by atoms with E-state index in [0.29, 0.717) is 6.04 Å². The molecule has 0 atom stereocenters. The van der Waals surface area contributed by atoms with Crippen LogP contribution in [0.25, 0.3) is 0 Å². The van der Waals surface area contributed by atoms with E-state index >= 15 is 0 Å². The van der Waals surface area contributed by atoms with Crippen molar-refractivity contribution in [2.24, 2.45) is 4.99 Å². The van der Waals surface area contributed by atoms with Crippen molar-refractivity contribution < 1.29 is 0 Å². The van der Waals surface area contributed by atoms with Gasteiger partial charge >= 0.3 is 0 Å². The molecule has 0 radical (unpaired) electrons. The number of nitrogens with zero attached hydrogens (tertiary/aromatic N) is 2. The number of aliphatic imine (C=N–C) groups is 1. The van der Waals surface area contributed by atoms with Gasteiger partial charge in [0, 0.05) is 25.7 Å². The van der Waals surface area contributed by atoms with Crippen LogP contribution in [0.1, 0.15) is 33.6 Å². The van der Waals surface area contributed by atoms with Crippen LogP contribution in [0.2, 0.25) is 0 Å². The largest absolute Gasteiger partial charge is 0.357 e. The number of nitrogens with one attached hydrogen (secondary N) is 2.